The van der Waals surface area contributed by atoms with Gasteiger partial charge in [-0.15, -0.1) is 0 Å². The molecule has 1 N–H and O–H groups in total. The van der Waals surface area contributed by atoms with Gasteiger partial charge in [-0.1, -0.05) is 20.3 Å². The molecule has 0 aromatic carbocycles. The third-order valence-electron chi connectivity index (χ3n) is 3.13. The number of nitrogens with zero attached hydrogens (tertiary/aromatic N) is 2. The Kier molecular flexibility index (Phi) is 6.27. The zero-order valence-corrected chi connectivity index (χ0v) is 11.7. The SMILES string of the molecule is CCCNCC(CC)Cc1ccn(C(C)C)n1. The van der Waals surface area contributed by atoms with E-state index in [4.69, 9.17) is 0 Å². The summed E-state index contributed by atoms with van der Waals surface area (Å²) >= 11 is 0. The molecule has 17 heavy (non-hydrogen) atoms. The topological polar surface area (TPSA) is 29.9 Å². The number of hydrogen-bond acceptors (Lipinski definition) is 2. The molecule has 0 fully saturated rings. The first-order chi connectivity index (χ1) is 8.17. The van der Waals surface area contributed by atoms with Crippen LogP contribution < -0.4 is 5.32 Å². The van der Waals surface area contributed by atoms with Crippen molar-refractivity contribution >= 4 is 0 Å². The standard InChI is InChI=1S/C14H27N3/c1-5-8-15-11-13(6-2)10-14-7-9-17(16-14)12(3)4/h7,9,12-13,15H,5-6,8,10-11H2,1-4H3. The van der Waals surface area contributed by atoms with Crippen molar-refractivity contribution in [2.45, 2.75) is 53.0 Å². The third kappa shape index (κ3) is 4.90. The van der Waals surface area contributed by atoms with Gasteiger partial charge in [0.15, 0.2) is 0 Å². The summed E-state index contributed by atoms with van der Waals surface area (Å²) in [6.45, 7) is 11.0. The first kappa shape index (κ1) is 14.2. The van der Waals surface area contributed by atoms with E-state index in [1.165, 1.54) is 18.5 Å². The summed E-state index contributed by atoms with van der Waals surface area (Å²) in [4.78, 5) is 0. The molecule has 0 saturated heterocycles. The van der Waals surface area contributed by atoms with Crippen LogP contribution in [0, 0.1) is 5.92 Å². The molecule has 0 amide bonds. The maximum atomic E-state index is 4.61. The molecule has 1 aromatic heterocycles. The Bertz CT molecular complexity index is 304. The molecule has 0 aliphatic rings. The van der Waals surface area contributed by atoms with Crippen molar-refractivity contribution in [1.29, 1.82) is 0 Å². The molecule has 0 aliphatic heterocycles. The molecule has 1 rings (SSSR count). The van der Waals surface area contributed by atoms with Gasteiger partial charge in [-0.25, -0.2) is 0 Å². The van der Waals surface area contributed by atoms with Crippen molar-refractivity contribution in [3.05, 3.63) is 18.0 Å². The minimum Gasteiger partial charge on any atom is -0.316 e. The Morgan fingerprint density at radius 1 is 1.35 bits per heavy atom. The van der Waals surface area contributed by atoms with Gasteiger partial charge in [0.25, 0.3) is 0 Å². The predicted molar refractivity (Wildman–Crippen MR) is 73.3 cm³/mol. The molecule has 1 atom stereocenters. The first-order valence-corrected chi connectivity index (χ1v) is 6.92. The van der Waals surface area contributed by atoms with Gasteiger partial charge in [-0.2, -0.15) is 5.10 Å². The van der Waals surface area contributed by atoms with Gasteiger partial charge in [-0.3, -0.25) is 4.68 Å². The fourth-order valence-electron chi connectivity index (χ4n) is 1.91. The van der Waals surface area contributed by atoms with Crippen LogP contribution in [0.15, 0.2) is 12.3 Å². The van der Waals surface area contributed by atoms with Gasteiger partial charge < -0.3 is 5.32 Å². The van der Waals surface area contributed by atoms with Crippen molar-refractivity contribution in [2.75, 3.05) is 13.1 Å². The molecule has 0 spiro atoms. The van der Waals surface area contributed by atoms with E-state index < -0.39 is 0 Å². The Labute approximate surface area is 106 Å². The minimum atomic E-state index is 0.460. The van der Waals surface area contributed by atoms with E-state index in [0.29, 0.717) is 12.0 Å². The lowest BCUT2D eigenvalue weighted by molar-refractivity contribution is 0.449. The number of rotatable bonds is 8. The zero-order chi connectivity index (χ0) is 12.7. The van der Waals surface area contributed by atoms with Crippen LogP contribution in [0.5, 0.6) is 0 Å². The molecule has 0 bridgehead atoms. The van der Waals surface area contributed by atoms with Crippen LogP contribution in [0.1, 0.15) is 52.3 Å². The van der Waals surface area contributed by atoms with Crippen molar-refractivity contribution in [3.63, 3.8) is 0 Å². The first-order valence-electron chi connectivity index (χ1n) is 6.92. The number of aromatic nitrogens is 2. The maximum absolute atomic E-state index is 4.61. The van der Waals surface area contributed by atoms with Crippen LogP contribution in [0.3, 0.4) is 0 Å². The molecule has 0 radical (unpaired) electrons. The highest BCUT2D eigenvalue weighted by Crippen LogP contribution is 2.11. The minimum absolute atomic E-state index is 0.460. The lowest BCUT2D eigenvalue weighted by Crippen LogP contribution is -2.24. The van der Waals surface area contributed by atoms with Crippen LogP contribution in [0.25, 0.3) is 0 Å². The number of nitrogens with one attached hydrogen (secondary N) is 1. The normalized spacial score (nSPS) is 13.2. The Hall–Kier alpha value is -0.830. The molecule has 98 valence electrons. The summed E-state index contributed by atoms with van der Waals surface area (Å²) in [6.07, 6.45) is 5.60. The second kappa shape index (κ2) is 7.49. The lowest BCUT2D eigenvalue weighted by Gasteiger charge is -2.14. The van der Waals surface area contributed by atoms with Crippen LogP contribution in [0.4, 0.5) is 0 Å². The van der Waals surface area contributed by atoms with E-state index in [0.717, 1.165) is 19.5 Å². The van der Waals surface area contributed by atoms with Gasteiger partial charge in [0.2, 0.25) is 0 Å². The van der Waals surface area contributed by atoms with E-state index in [9.17, 15) is 0 Å². The van der Waals surface area contributed by atoms with E-state index in [1.807, 2.05) is 4.68 Å². The molecule has 0 saturated carbocycles. The summed E-state index contributed by atoms with van der Waals surface area (Å²) < 4.78 is 2.04. The van der Waals surface area contributed by atoms with Gasteiger partial charge >= 0.3 is 0 Å². The Morgan fingerprint density at radius 3 is 2.65 bits per heavy atom. The van der Waals surface area contributed by atoms with E-state index in [-0.39, 0.29) is 0 Å². The smallest absolute Gasteiger partial charge is 0.0627 e. The third-order valence-corrected chi connectivity index (χ3v) is 3.13. The summed E-state index contributed by atoms with van der Waals surface area (Å²) in [5, 5.41) is 8.12. The molecular formula is C14H27N3. The van der Waals surface area contributed by atoms with Crippen molar-refractivity contribution < 1.29 is 0 Å². The summed E-state index contributed by atoms with van der Waals surface area (Å²) in [5.74, 6) is 0.706. The lowest BCUT2D eigenvalue weighted by atomic mass is 10.0. The summed E-state index contributed by atoms with van der Waals surface area (Å²) in [7, 11) is 0. The highest BCUT2D eigenvalue weighted by Gasteiger charge is 2.09. The Balaban J connectivity index is 2.43. The van der Waals surface area contributed by atoms with E-state index >= 15 is 0 Å². The largest absolute Gasteiger partial charge is 0.316 e. The molecule has 1 aromatic rings. The molecule has 3 nitrogen and oxygen atoms in total. The fourth-order valence-corrected chi connectivity index (χ4v) is 1.91. The van der Waals surface area contributed by atoms with Crippen molar-refractivity contribution in [3.8, 4) is 0 Å². The van der Waals surface area contributed by atoms with Crippen molar-refractivity contribution in [2.24, 2.45) is 5.92 Å². The summed E-state index contributed by atoms with van der Waals surface area (Å²) in [5.41, 5.74) is 1.23. The highest BCUT2D eigenvalue weighted by atomic mass is 15.3. The molecular weight excluding hydrogens is 210 g/mol. The van der Waals surface area contributed by atoms with E-state index in [1.54, 1.807) is 0 Å². The molecule has 1 heterocycles. The van der Waals surface area contributed by atoms with E-state index in [2.05, 4.69) is 50.4 Å². The van der Waals surface area contributed by atoms with Crippen LogP contribution in [-0.4, -0.2) is 22.9 Å². The average molecular weight is 237 g/mol. The monoisotopic (exact) mass is 237 g/mol. The summed E-state index contributed by atoms with van der Waals surface area (Å²) in [6, 6.07) is 2.62. The van der Waals surface area contributed by atoms with Crippen LogP contribution in [0.2, 0.25) is 0 Å². The second-order valence-corrected chi connectivity index (χ2v) is 5.06. The highest BCUT2D eigenvalue weighted by molar-refractivity contribution is 5.01. The van der Waals surface area contributed by atoms with Gasteiger partial charge in [0, 0.05) is 12.2 Å². The van der Waals surface area contributed by atoms with Crippen LogP contribution >= 0.6 is 0 Å². The van der Waals surface area contributed by atoms with Gasteiger partial charge in [0.05, 0.1) is 5.69 Å². The molecule has 3 heteroatoms. The molecule has 1 unspecified atom stereocenters. The quantitative estimate of drug-likeness (QED) is 0.704. The van der Waals surface area contributed by atoms with Gasteiger partial charge in [-0.05, 0) is 51.8 Å². The molecule has 0 aliphatic carbocycles. The second-order valence-electron chi connectivity index (χ2n) is 5.06. The fraction of sp³-hybridized carbons (Fsp3) is 0.786. The average Bonchev–Trinajstić information content (AvgIpc) is 2.76. The van der Waals surface area contributed by atoms with Gasteiger partial charge in [0.1, 0.15) is 0 Å². The number of hydrogen-bond donors (Lipinski definition) is 1. The van der Waals surface area contributed by atoms with Crippen LogP contribution in [-0.2, 0) is 6.42 Å². The Morgan fingerprint density at radius 2 is 2.12 bits per heavy atom. The van der Waals surface area contributed by atoms with Crippen molar-refractivity contribution in [1.82, 2.24) is 15.1 Å². The predicted octanol–water partition coefficient (Wildman–Crippen LogP) is 3.03. The zero-order valence-electron chi connectivity index (χ0n) is 11.7. The maximum Gasteiger partial charge on any atom is 0.0627 e.